The van der Waals surface area contributed by atoms with E-state index in [1.54, 1.807) is 17.0 Å². The van der Waals surface area contributed by atoms with Crippen LogP contribution in [0, 0.1) is 5.82 Å². The standard InChI is InChI=1S/C24H23ClF4N4O3/c25-19-12-20(32-23(30)35)13(9-21(19)36-24(27,28)29)1-8-22(34)33-17-6-7-18(33)11-16(10-17)31-15-4-2-14(26)3-5-15/h1-5,8-9,12,16-18,31H,6-7,10-11H2,(H3,30,32,35)/b8-1+/t16-,17-,18+. The van der Waals surface area contributed by atoms with E-state index in [2.05, 4.69) is 15.4 Å². The summed E-state index contributed by atoms with van der Waals surface area (Å²) < 4.78 is 55.3. The minimum atomic E-state index is -4.98. The molecule has 0 aromatic heterocycles. The van der Waals surface area contributed by atoms with Crippen molar-refractivity contribution in [3.8, 4) is 5.75 Å². The first kappa shape index (κ1) is 25.6. The van der Waals surface area contributed by atoms with Crippen LogP contribution in [-0.4, -0.2) is 41.3 Å². The molecule has 2 aromatic carbocycles. The van der Waals surface area contributed by atoms with Crippen molar-refractivity contribution in [1.29, 1.82) is 0 Å². The SMILES string of the molecule is NC(=O)Nc1cc(Cl)c(OC(F)(F)F)cc1/C=C/C(=O)N1[C@@H]2CC[C@H]1C[C@H](Nc1ccc(F)cc1)C2. The lowest BCUT2D eigenvalue weighted by molar-refractivity contribution is -0.274. The first-order valence-corrected chi connectivity index (χ1v) is 11.5. The second-order valence-electron chi connectivity index (χ2n) is 8.69. The van der Waals surface area contributed by atoms with Gasteiger partial charge in [-0.1, -0.05) is 11.6 Å². The average Bonchev–Trinajstić information content (AvgIpc) is 3.05. The number of hydrogen-bond donors (Lipinski definition) is 3. The van der Waals surface area contributed by atoms with E-state index < -0.39 is 23.2 Å². The molecule has 0 aliphatic carbocycles. The van der Waals surface area contributed by atoms with Gasteiger partial charge in [0.05, 0.1) is 10.7 Å². The fourth-order valence-corrected chi connectivity index (χ4v) is 5.04. The van der Waals surface area contributed by atoms with Crippen LogP contribution in [0.2, 0.25) is 5.02 Å². The molecule has 192 valence electrons. The zero-order valence-corrected chi connectivity index (χ0v) is 19.6. The highest BCUT2D eigenvalue weighted by molar-refractivity contribution is 6.32. The molecule has 2 saturated heterocycles. The predicted octanol–water partition coefficient (Wildman–Crippen LogP) is 5.52. The number of ether oxygens (including phenoxy) is 1. The molecule has 12 heteroatoms. The Balaban J connectivity index is 1.49. The fourth-order valence-electron chi connectivity index (χ4n) is 4.83. The molecular weight excluding hydrogens is 504 g/mol. The number of rotatable bonds is 6. The number of fused-ring (bicyclic) bond motifs is 2. The third-order valence-corrected chi connectivity index (χ3v) is 6.49. The Hall–Kier alpha value is -3.47. The van der Waals surface area contributed by atoms with Gasteiger partial charge in [0.1, 0.15) is 11.6 Å². The van der Waals surface area contributed by atoms with Gasteiger partial charge in [0.2, 0.25) is 5.91 Å². The van der Waals surface area contributed by atoms with Crippen molar-refractivity contribution in [3.63, 3.8) is 0 Å². The topological polar surface area (TPSA) is 96.7 Å². The summed E-state index contributed by atoms with van der Waals surface area (Å²) in [5.41, 5.74) is 6.03. The summed E-state index contributed by atoms with van der Waals surface area (Å²) in [6.45, 7) is 0. The van der Waals surface area contributed by atoms with Crippen molar-refractivity contribution in [2.45, 2.75) is 50.2 Å². The molecular formula is C24H23ClF4N4O3. The summed E-state index contributed by atoms with van der Waals surface area (Å²) in [6, 6.07) is 7.25. The second-order valence-corrected chi connectivity index (χ2v) is 9.10. The van der Waals surface area contributed by atoms with Crippen molar-refractivity contribution < 1.29 is 31.9 Å². The van der Waals surface area contributed by atoms with Crippen molar-refractivity contribution in [2.75, 3.05) is 10.6 Å². The number of amides is 3. The molecule has 7 nitrogen and oxygen atoms in total. The maximum Gasteiger partial charge on any atom is 0.573 e. The molecule has 3 amide bonds. The number of hydrogen-bond acceptors (Lipinski definition) is 4. The molecule has 2 fully saturated rings. The van der Waals surface area contributed by atoms with Gasteiger partial charge >= 0.3 is 12.4 Å². The lowest BCUT2D eigenvalue weighted by Crippen LogP contribution is -2.49. The van der Waals surface area contributed by atoms with Crippen LogP contribution < -0.4 is 21.1 Å². The molecule has 2 aromatic rings. The fraction of sp³-hybridized carbons (Fsp3) is 0.333. The lowest BCUT2D eigenvalue weighted by atomic mass is 9.96. The Morgan fingerprint density at radius 3 is 2.33 bits per heavy atom. The monoisotopic (exact) mass is 526 g/mol. The molecule has 2 bridgehead atoms. The van der Waals surface area contributed by atoms with E-state index in [0.29, 0.717) is 12.8 Å². The van der Waals surface area contributed by atoms with Crippen LogP contribution in [-0.2, 0) is 4.79 Å². The van der Waals surface area contributed by atoms with Gasteiger partial charge in [0.25, 0.3) is 0 Å². The van der Waals surface area contributed by atoms with Crippen molar-refractivity contribution >= 4 is 41.0 Å². The van der Waals surface area contributed by atoms with Gasteiger partial charge in [-0.15, -0.1) is 13.2 Å². The van der Waals surface area contributed by atoms with Crippen LogP contribution in [0.1, 0.15) is 31.2 Å². The van der Waals surface area contributed by atoms with Gasteiger partial charge in [-0.3, -0.25) is 4.79 Å². The van der Waals surface area contributed by atoms with Crippen LogP contribution in [0.5, 0.6) is 5.75 Å². The predicted molar refractivity (Wildman–Crippen MR) is 127 cm³/mol. The van der Waals surface area contributed by atoms with Gasteiger partial charge < -0.3 is 26.0 Å². The Bertz CT molecular complexity index is 1160. The first-order chi connectivity index (χ1) is 17.0. The molecule has 3 atom stereocenters. The molecule has 0 radical (unpaired) electrons. The van der Waals surface area contributed by atoms with E-state index in [9.17, 15) is 27.2 Å². The van der Waals surface area contributed by atoms with E-state index >= 15 is 0 Å². The van der Waals surface area contributed by atoms with E-state index in [1.807, 2.05) is 0 Å². The Kier molecular flexibility index (Phi) is 7.30. The summed E-state index contributed by atoms with van der Waals surface area (Å²) in [5.74, 6) is -1.31. The molecule has 4 N–H and O–H groups in total. The van der Waals surface area contributed by atoms with Crippen LogP contribution in [0.25, 0.3) is 6.08 Å². The maximum absolute atomic E-state index is 13.2. The zero-order valence-electron chi connectivity index (χ0n) is 18.8. The van der Waals surface area contributed by atoms with Crippen LogP contribution in [0.15, 0.2) is 42.5 Å². The number of urea groups is 1. The van der Waals surface area contributed by atoms with Crippen LogP contribution in [0.4, 0.5) is 33.7 Å². The highest BCUT2D eigenvalue weighted by atomic mass is 35.5. The van der Waals surface area contributed by atoms with Crippen molar-refractivity contribution in [3.05, 3.63) is 58.9 Å². The number of primary amides is 1. The molecule has 2 aliphatic heterocycles. The van der Waals surface area contributed by atoms with Crippen molar-refractivity contribution in [1.82, 2.24) is 4.90 Å². The highest BCUT2D eigenvalue weighted by Crippen LogP contribution is 2.38. The second kappa shape index (κ2) is 10.3. The molecule has 36 heavy (non-hydrogen) atoms. The zero-order chi connectivity index (χ0) is 26.0. The van der Waals surface area contributed by atoms with Crippen LogP contribution >= 0.6 is 11.6 Å². The number of nitrogens with zero attached hydrogens (tertiary/aromatic N) is 1. The number of anilines is 2. The normalized spacial score (nSPS) is 21.5. The molecule has 0 saturated carbocycles. The summed E-state index contributed by atoms with van der Waals surface area (Å²) in [7, 11) is 0. The first-order valence-electron chi connectivity index (χ1n) is 11.2. The molecule has 0 unspecified atom stereocenters. The Morgan fingerprint density at radius 1 is 1.11 bits per heavy atom. The van der Waals surface area contributed by atoms with Crippen LogP contribution in [0.3, 0.4) is 0 Å². The van der Waals surface area contributed by atoms with Gasteiger partial charge in [-0.25, -0.2) is 9.18 Å². The largest absolute Gasteiger partial charge is 0.573 e. The van der Waals surface area contributed by atoms with Gasteiger partial charge in [0, 0.05) is 35.5 Å². The number of nitrogens with two attached hydrogens (primary N) is 1. The third kappa shape index (κ3) is 6.20. The third-order valence-electron chi connectivity index (χ3n) is 6.20. The van der Waals surface area contributed by atoms with Crippen molar-refractivity contribution in [2.24, 2.45) is 5.73 Å². The number of halogens is 5. The summed E-state index contributed by atoms with van der Waals surface area (Å²) in [4.78, 5) is 26.2. The lowest BCUT2D eigenvalue weighted by Gasteiger charge is -2.39. The number of piperidine rings is 1. The molecule has 2 aliphatic rings. The van der Waals surface area contributed by atoms with E-state index in [4.69, 9.17) is 17.3 Å². The molecule has 2 heterocycles. The highest BCUT2D eigenvalue weighted by Gasteiger charge is 2.42. The Morgan fingerprint density at radius 2 is 1.75 bits per heavy atom. The van der Waals surface area contributed by atoms with E-state index in [0.717, 1.165) is 30.7 Å². The van der Waals surface area contributed by atoms with Gasteiger partial charge in [-0.2, -0.15) is 0 Å². The molecule has 4 rings (SSSR count). The summed E-state index contributed by atoms with van der Waals surface area (Å²) in [6.07, 6.45) is 0.598. The number of alkyl halides is 3. The number of carbonyl (C=O) groups excluding carboxylic acids is 2. The van der Waals surface area contributed by atoms with Gasteiger partial charge in [-0.05, 0) is 68.2 Å². The van der Waals surface area contributed by atoms with E-state index in [-0.39, 0.29) is 41.1 Å². The Labute approximate surface area is 209 Å². The summed E-state index contributed by atoms with van der Waals surface area (Å²) >= 11 is 5.86. The molecule has 0 spiro atoms. The van der Waals surface area contributed by atoms with E-state index in [1.165, 1.54) is 24.3 Å². The summed E-state index contributed by atoms with van der Waals surface area (Å²) in [5, 5.41) is 5.27. The smallest absolute Gasteiger partial charge is 0.404 e. The number of benzene rings is 2. The minimum Gasteiger partial charge on any atom is -0.404 e. The quantitative estimate of drug-likeness (QED) is 0.341. The number of carbonyl (C=O) groups is 2. The minimum absolute atomic E-state index is 0.0172. The number of nitrogens with one attached hydrogen (secondary N) is 2. The van der Waals surface area contributed by atoms with Gasteiger partial charge in [0.15, 0.2) is 0 Å². The average molecular weight is 527 g/mol. The maximum atomic E-state index is 13.2.